The fourth-order valence-corrected chi connectivity index (χ4v) is 2.58. The van der Waals surface area contributed by atoms with Crippen LogP contribution in [0.4, 0.5) is 0 Å². The molecule has 5 amide bonds. The van der Waals surface area contributed by atoms with Crippen molar-refractivity contribution in [2.45, 2.75) is 32.2 Å². The second kappa shape index (κ2) is 5.63. The third kappa shape index (κ3) is 2.65. The standard InChI is InChI=1S/C13H17N3O5/c1-7-5-11(19)16(12(7)20)8-6-10(18)15(13(8)21)4-3-9(17)14-2/h7-8H,3-6H2,1-2H3,(H,14,17). The van der Waals surface area contributed by atoms with Crippen molar-refractivity contribution in [1.29, 1.82) is 0 Å². The first-order valence-electron chi connectivity index (χ1n) is 6.77. The molecule has 8 heteroatoms. The van der Waals surface area contributed by atoms with Crippen LogP contribution in [0.2, 0.25) is 0 Å². The van der Waals surface area contributed by atoms with E-state index in [1.165, 1.54) is 7.05 Å². The molecule has 0 aromatic rings. The average Bonchev–Trinajstić information content (AvgIpc) is 2.84. The van der Waals surface area contributed by atoms with Crippen LogP contribution in [0, 0.1) is 5.92 Å². The monoisotopic (exact) mass is 295 g/mol. The lowest BCUT2D eigenvalue weighted by atomic mass is 10.1. The van der Waals surface area contributed by atoms with E-state index in [-0.39, 0.29) is 31.7 Å². The molecule has 2 fully saturated rings. The highest BCUT2D eigenvalue weighted by Crippen LogP contribution is 2.27. The van der Waals surface area contributed by atoms with Gasteiger partial charge in [0.25, 0.3) is 5.91 Å². The van der Waals surface area contributed by atoms with Gasteiger partial charge in [-0.25, -0.2) is 0 Å². The van der Waals surface area contributed by atoms with Crippen LogP contribution in [0.25, 0.3) is 0 Å². The van der Waals surface area contributed by atoms with Crippen LogP contribution in [-0.4, -0.2) is 59.0 Å². The predicted octanol–water partition coefficient (Wildman–Crippen LogP) is -1.35. The summed E-state index contributed by atoms with van der Waals surface area (Å²) in [5, 5.41) is 2.40. The SMILES string of the molecule is CNC(=O)CCN1C(=O)CC(N2C(=O)CC(C)C2=O)C1=O. The Morgan fingerprint density at radius 2 is 1.81 bits per heavy atom. The Balaban J connectivity index is 2.09. The van der Waals surface area contributed by atoms with Gasteiger partial charge < -0.3 is 5.32 Å². The Labute approximate surface area is 121 Å². The molecule has 2 aliphatic rings. The second-order valence-corrected chi connectivity index (χ2v) is 5.23. The first-order chi connectivity index (χ1) is 9.86. The van der Waals surface area contributed by atoms with Crippen molar-refractivity contribution in [3.05, 3.63) is 0 Å². The van der Waals surface area contributed by atoms with Crippen LogP contribution in [0.5, 0.6) is 0 Å². The highest BCUT2D eigenvalue weighted by molar-refractivity contribution is 6.12. The van der Waals surface area contributed by atoms with E-state index in [1.54, 1.807) is 6.92 Å². The van der Waals surface area contributed by atoms with Gasteiger partial charge in [-0.1, -0.05) is 6.92 Å². The number of hydrogen-bond donors (Lipinski definition) is 1. The average molecular weight is 295 g/mol. The lowest BCUT2D eigenvalue weighted by Gasteiger charge is -2.21. The zero-order valence-electron chi connectivity index (χ0n) is 11.9. The number of likely N-dealkylation sites (tertiary alicyclic amines) is 2. The predicted molar refractivity (Wildman–Crippen MR) is 69.4 cm³/mol. The molecule has 1 N–H and O–H groups in total. The molecule has 0 aliphatic carbocycles. The van der Waals surface area contributed by atoms with Gasteiger partial charge in [0.05, 0.1) is 6.42 Å². The van der Waals surface area contributed by atoms with Crippen LogP contribution in [0.3, 0.4) is 0 Å². The molecule has 21 heavy (non-hydrogen) atoms. The van der Waals surface area contributed by atoms with Crippen molar-refractivity contribution >= 4 is 29.5 Å². The van der Waals surface area contributed by atoms with E-state index in [1.807, 2.05) is 0 Å². The zero-order valence-corrected chi connectivity index (χ0v) is 11.9. The first-order valence-corrected chi connectivity index (χ1v) is 6.77. The summed E-state index contributed by atoms with van der Waals surface area (Å²) in [5.74, 6) is -2.64. The van der Waals surface area contributed by atoms with Crippen molar-refractivity contribution in [1.82, 2.24) is 15.1 Å². The Morgan fingerprint density at radius 1 is 1.14 bits per heavy atom. The van der Waals surface area contributed by atoms with Gasteiger partial charge in [-0.2, -0.15) is 0 Å². The van der Waals surface area contributed by atoms with Crippen molar-refractivity contribution < 1.29 is 24.0 Å². The fourth-order valence-electron chi connectivity index (χ4n) is 2.58. The minimum absolute atomic E-state index is 0.000996. The maximum absolute atomic E-state index is 12.2. The molecular weight excluding hydrogens is 278 g/mol. The summed E-state index contributed by atoms with van der Waals surface area (Å²) < 4.78 is 0. The summed E-state index contributed by atoms with van der Waals surface area (Å²) in [5.41, 5.74) is 0. The van der Waals surface area contributed by atoms with Crippen LogP contribution in [0.15, 0.2) is 0 Å². The summed E-state index contributed by atoms with van der Waals surface area (Å²) in [6.45, 7) is 1.57. The number of carbonyl (C=O) groups excluding carboxylic acids is 5. The molecule has 0 spiro atoms. The molecule has 2 heterocycles. The largest absolute Gasteiger partial charge is 0.359 e. The van der Waals surface area contributed by atoms with Crippen molar-refractivity contribution in [3.8, 4) is 0 Å². The maximum Gasteiger partial charge on any atom is 0.253 e. The molecule has 2 aliphatic heterocycles. The fraction of sp³-hybridized carbons (Fsp3) is 0.615. The smallest absolute Gasteiger partial charge is 0.253 e. The lowest BCUT2D eigenvalue weighted by molar-refractivity contribution is -0.149. The van der Waals surface area contributed by atoms with Gasteiger partial charge in [0.15, 0.2) is 0 Å². The Bertz CT molecular complexity index is 530. The van der Waals surface area contributed by atoms with E-state index >= 15 is 0 Å². The zero-order chi connectivity index (χ0) is 15.7. The normalized spacial score (nSPS) is 26.0. The highest BCUT2D eigenvalue weighted by atomic mass is 16.2. The summed E-state index contributed by atoms with van der Waals surface area (Å²) in [6, 6.07) is -1.05. The number of hydrogen-bond acceptors (Lipinski definition) is 5. The summed E-state index contributed by atoms with van der Waals surface area (Å²) in [4.78, 5) is 60.9. The molecule has 114 valence electrons. The quantitative estimate of drug-likeness (QED) is 0.645. The molecule has 2 rings (SSSR count). The van der Waals surface area contributed by atoms with Gasteiger partial charge in [0.2, 0.25) is 23.6 Å². The van der Waals surface area contributed by atoms with Crippen molar-refractivity contribution in [3.63, 3.8) is 0 Å². The van der Waals surface area contributed by atoms with Crippen LogP contribution >= 0.6 is 0 Å². The van der Waals surface area contributed by atoms with Crippen molar-refractivity contribution in [2.24, 2.45) is 5.92 Å². The van der Waals surface area contributed by atoms with E-state index in [9.17, 15) is 24.0 Å². The highest BCUT2D eigenvalue weighted by Gasteiger charge is 2.49. The minimum atomic E-state index is -1.05. The van der Waals surface area contributed by atoms with E-state index in [0.717, 1.165) is 9.80 Å². The van der Waals surface area contributed by atoms with Gasteiger partial charge in [0, 0.05) is 32.4 Å². The molecule has 2 atom stereocenters. The number of rotatable bonds is 4. The Morgan fingerprint density at radius 3 is 2.33 bits per heavy atom. The number of nitrogens with zero attached hydrogens (tertiary/aromatic N) is 2. The van der Waals surface area contributed by atoms with Crippen molar-refractivity contribution in [2.75, 3.05) is 13.6 Å². The Hall–Kier alpha value is -2.25. The van der Waals surface area contributed by atoms with Gasteiger partial charge in [-0.15, -0.1) is 0 Å². The van der Waals surface area contributed by atoms with Gasteiger partial charge in [-0.3, -0.25) is 33.8 Å². The Kier molecular flexibility index (Phi) is 4.06. The number of imide groups is 2. The molecule has 0 bridgehead atoms. The topological polar surface area (TPSA) is 104 Å². The summed E-state index contributed by atoms with van der Waals surface area (Å²) in [7, 11) is 1.46. The number of carbonyl (C=O) groups is 5. The van der Waals surface area contributed by atoms with Crippen LogP contribution < -0.4 is 5.32 Å². The molecule has 2 unspecified atom stereocenters. The van der Waals surface area contributed by atoms with Crippen LogP contribution in [-0.2, 0) is 24.0 Å². The third-order valence-corrected chi connectivity index (χ3v) is 3.78. The molecule has 0 aromatic heterocycles. The van der Waals surface area contributed by atoms with Gasteiger partial charge >= 0.3 is 0 Å². The summed E-state index contributed by atoms with van der Waals surface area (Å²) in [6.07, 6.45) is -0.134. The molecular formula is C13H17N3O5. The first kappa shape index (κ1) is 15.1. The lowest BCUT2D eigenvalue weighted by Crippen LogP contribution is -2.45. The maximum atomic E-state index is 12.2. The van der Waals surface area contributed by atoms with E-state index < -0.39 is 35.6 Å². The second-order valence-electron chi connectivity index (χ2n) is 5.23. The van der Waals surface area contributed by atoms with E-state index in [2.05, 4.69) is 5.32 Å². The van der Waals surface area contributed by atoms with Crippen LogP contribution in [0.1, 0.15) is 26.2 Å². The third-order valence-electron chi connectivity index (χ3n) is 3.78. The van der Waals surface area contributed by atoms with Gasteiger partial charge in [0.1, 0.15) is 6.04 Å². The number of nitrogens with one attached hydrogen (secondary N) is 1. The molecule has 0 radical (unpaired) electrons. The molecule has 0 aromatic carbocycles. The molecule has 0 saturated carbocycles. The summed E-state index contributed by atoms with van der Waals surface area (Å²) >= 11 is 0. The van der Waals surface area contributed by atoms with Gasteiger partial charge in [-0.05, 0) is 0 Å². The minimum Gasteiger partial charge on any atom is -0.359 e. The molecule has 2 saturated heterocycles. The molecule has 8 nitrogen and oxygen atoms in total. The van der Waals surface area contributed by atoms with E-state index in [0.29, 0.717) is 0 Å². The number of amides is 5. The van der Waals surface area contributed by atoms with E-state index in [4.69, 9.17) is 0 Å².